The lowest BCUT2D eigenvalue weighted by Gasteiger charge is -2.28. The minimum absolute atomic E-state index is 0.217. The molecule has 1 fully saturated rings. The number of methoxy groups -OCH3 is 1. The average molecular weight is 278 g/mol. The van der Waals surface area contributed by atoms with Crippen LogP contribution in [-0.2, 0) is 13.1 Å². The second-order valence-corrected chi connectivity index (χ2v) is 5.48. The molecule has 20 heavy (non-hydrogen) atoms. The van der Waals surface area contributed by atoms with Crippen molar-refractivity contribution in [1.82, 2.24) is 4.90 Å². The highest BCUT2D eigenvalue weighted by atomic mass is 16.5. The van der Waals surface area contributed by atoms with E-state index in [1.807, 2.05) is 6.07 Å². The predicted molar refractivity (Wildman–Crippen MR) is 80.6 cm³/mol. The van der Waals surface area contributed by atoms with Gasteiger partial charge in [-0.2, -0.15) is 0 Å². The van der Waals surface area contributed by atoms with E-state index in [0.29, 0.717) is 12.6 Å². The molecule has 0 unspecified atom stereocenters. The molecule has 2 rings (SSSR count). The van der Waals surface area contributed by atoms with E-state index in [-0.39, 0.29) is 6.61 Å². The number of hydrogen-bond donors (Lipinski definition) is 2. The van der Waals surface area contributed by atoms with Crippen molar-refractivity contribution in [2.45, 2.75) is 44.8 Å². The molecule has 0 spiro atoms. The Morgan fingerprint density at radius 2 is 2.10 bits per heavy atom. The summed E-state index contributed by atoms with van der Waals surface area (Å²) in [5, 5.41) is 9.28. The van der Waals surface area contributed by atoms with Gasteiger partial charge in [0.2, 0.25) is 0 Å². The van der Waals surface area contributed by atoms with Gasteiger partial charge in [-0.25, -0.2) is 0 Å². The van der Waals surface area contributed by atoms with E-state index in [4.69, 9.17) is 10.5 Å². The molecule has 3 N–H and O–H groups in total. The Balaban J connectivity index is 2.09. The smallest absolute Gasteiger partial charge is 0.123 e. The van der Waals surface area contributed by atoms with E-state index < -0.39 is 0 Å². The van der Waals surface area contributed by atoms with Crippen molar-refractivity contribution >= 4 is 0 Å². The van der Waals surface area contributed by atoms with Crippen LogP contribution >= 0.6 is 0 Å². The molecule has 1 aromatic rings. The number of aliphatic hydroxyl groups excluding tert-OH is 1. The monoisotopic (exact) mass is 278 g/mol. The van der Waals surface area contributed by atoms with E-state index in [9.17, 15) is 5.11 Å². The van der Waals surface area contributed by atoms with Gasteiger partial charge in [0.05, 0.1) is 13.7 Å². The first-order valence-corrected chi connectivity index (χ1v) is 7.49. The number of benzene rings is 1. The summed E-state index contributed by atoms with van der Waals surface area (Å²) in [4.78, 5) is 2.39. The lowest BCUT2D eigenvalue weighted by molar-refractivity contribution is 0.144. The Labute approximate surface area is 121 Å². The van der Waals surface area contributed by atoms with Gasteiger partial charge in [0.1, 0.15) is 5.75 Å². The highest BCUT2D eigenvalue weighted by Crippen LogP contribution is 2.26. The minimum atomic E-state index is 0.217. The molecule has 0 heterocycles. The van der Waals surface area contributed by atoms with Crippen LogP contribution in [0.4, 0.5) is 0 Å². The van der Waals surface area contributed by atoms with Crippen LogP contribution < -0.4 is 10.5 Å². The molecule has 0 amide bonds. The first kappa shape index (κ1) is 15.3. The molecule has 0 aromatic heterocycles. The summed E-state index contributed by atoms with van der Waals surface area (Å²) in [6.07, 6.45) is 5.11. The normalized spacial score (nSPS) is 16.0. The highest BCUT2D eigenvalue weighted by molar-refractivity contribution is 5.37. The average Bonchev–Trinajstić information content (AvgIpc) is 3.00. The molecule has 4 heteroatoms. The van der Waals surface area contributed by atoms with Crippen molar-refractivity contribution in [2.75, 3.05) is 20.3 Å². The van der Waals surface area contributed by atoms with Gasteiger partial charge in [-0.15, -0.1) is 0 Å². The lowest BCUT2D eigenvalue weighted by atomic mass is 10.1. The highest BCUT2D eigenvalue weighted by Gasteiger charge is 2.22. The Morgan fingerprint density at radius 3 is 2.70 bits per heavy atom. The van der Waals surface area contributed by atoms with Gasteiger partial charge < -0.3 is 15.6 Å². The summed E-state index contributed by atoms with van der Waals surface area (Å²) < 4.78 is 5.40. The van der Waals surface area contributed by atoms with E-state index in [0.717, 1.165) is 24.4 Å². The number of nitrogens with zero attached hydrogens (tertiary/aromatic N) is 1. The maximum atomic E-state index is 9.28. The van der Waals surface area contributed by atoms with Gasteiger partial charge in [-0.05, 0) is 24.5 Å². The number of nitrogens with two attached hydrogens (primary N) is 1. The molecule has 0 atom stereocenters. The molecule has 0 bridgehead atoms. The first-order valence-electron chi connectivity index (χ1n) is 7.49. The number of rotatable bonds is 7. The zero-order valence-corrected chi connectivity index (χ0v) is 12.3. The van der Waals surface area contributed by atoms with Gasteiger partial charge in [0.15, 0.2) is 0 Å². The van der Waals surface area contributed by atoms with Crippen LogP contribution in [0.1, 0.15) is 36.8 Å². The van der Waals surface area contributed by atoms with Crippen molar-refractivity contribution in [1.29, 1.82) is 0 Å². The fraction of sp³-hybridized carbons (Fsp3) is 0.625. The summed E-state index contributed by atoms with van der Waals surface area (Å²) >= 11 is 0. The van der Waals surface area contributed by atoms with Gasteiger partial charge >= 0.3 is 0 Å². The minimum Gasteiger partial charge on any atom is -0.496 e. The van der Waals surface area contributed by atoms with E-state index >= 15 is 0 Å². The molecule has 1 aliphatic carbocycles. The summed E-state index contributed by atoms with van der Waals surface area (Å²) in [5.74, 6) is 0.861. The fourth-order valence-corrected chi connectivity index (χ4v) is 3.08. The van der Waals surface area contributed by atoms with Crippen LogP contribution in [0.25, 0.3) is 0 Å². The molecule has 4 nitrogen and oxygen atoms in total. The van der Waals surface area contributed by atoms with E-state index in [2.05, 4.69) is 17.0 Å². The van der Waals surface area contributed by atoms with Gasteiger partial charge in [-0.3, -0.25) is 4.90 Å². The van der Waals surface area contributed by atoms with Gasteiger partial charge in [0.25, 0.3) is 0 Å². The molecule has 1 aromatic carbocycles. The van der Waals surface area contributed by atoms with Crippen LogP contribution in [-0.4, -0.2) is 36.3 Å². The van der Waals surface area contributed by atoms with Crippen molar-refractivity contribution in [3.63, 3.8) is 0 Å². The van der Waals surface area contributed by atoms with Gasteiger partial charge in [-0.1, -0.05) is 25.0 Å². The third-order valence-corrected chi connectivity index (χ3v) is 4.19. The summed E-state index contributed by atoms with van der Waals surface area (Å²) in [6.45, 7) is 2.32. The number of hydrogen-bond acceptors (Lipinski definition) is 4. The van der Waals surface area contributed by atoms with Crippen molar-refractivity contribution in [3.05, 3.63) is 29.3 Å². The molecular formula is C16H26N2O2. The lowest BCUT2D eigenvalue weighted by Crippen LogP contribution is -2.35. The largest absolute Gasteiger partial charge is 0.496 e. The fourth-order valence-electron chi connectivity index (χ4n) is 3.08. The number of aliphatic hydroxyl groups is 1. The van der Waals surface area contributed by atoms with Gasteiger partial charge in [0, 0.05) is 31.2 Å². The third kappa shape index (κ3) is 3.72. The molecule has 0 radical (unpaired) electrons. The van der Waals surface area contributed by atoms with Crippen LogP contribution in [0.3, 0.4) is 0 Å². The molecule has 0 saturated heterocycles. The standard InChI is InChI=1S/C16H26N2O2/c1-20-16-10-13(6-7-14(16)11-17)12-18(8-9-19)15-4-2-3-5-15/h6-7,10,15,19H,2-5,8-9,11-12,17H2,1H3. The summed E-state index contributed by atoms with van der Waals surface area (Å²) in [6, 6.07) is 6.84. The molecule has 0 aliphatic heterocycles. The maximum absolute atomic E-state index is 9.28. The summed E-state index contributed by atoms with van der Waals surface area (Å²) in [5.41, 5.74) is 7.96. The van der Waals surface area contributed by atoms with E-state index in [1.54, 1.807) is 7.11 Å². The maximum Gasteiger partial charge on any atom is 0.123 e. The topological polar surface area (TPSA) is 58.7 Å². The SMILES string of the molecule is COc1cc(CN(CCO)C2CCCC2)ccc1CN. The molecule has 112 valence electrons. The third-order valence-electron chi connectivity index (χ3n) is 4.19. The van der Waals surface area contributed by atoms with E-state index in [1.165, 1.54) is 31.2 Å². The second-order valence-electron chi connectivity index (χ2n) is 5.48. The Hall–Kier alpha value is -1.10. The molecule has 1 aliphatic rings. The summed E-state index contributed by atoms with van der Waals surface area (Å²) in [7, 11) is 1.68. The van der Waals surface area contributed by atoms with Crippen LogP contribution in [0.5, 0.6) is 5.75 Å². The zero-order valence-electron chi connectivity index (χ0n) is 12.3. The first-order chi connectivity index (χ1) is 9.78. The molecule has 1 saturated carbocycles. The Bertz CT molecular complexity index is 417. The Kier molecular flexibility index (Phi) is 5.83. The van der Waals surface area contributed by atoms with Crippen molar-refractivity contribution in [3.8, 4) is 5.75 Å². The quantitative estimate of drug-likeness (QED) is 0.799. The Morgan fingerprint density at radius 1 is 1.35 bits per heavy atom. The van der Waals surface area contributed by atoms with Crippen LogP contribution in [0.15, 0.2) is 18.2 Å². The molecular weight excluding hydrogens is 252 g/mol. The zero-order chi connectivity index (χ0) is 14.4. The predicted octanol–water partition coefficient (Wildman–Crippen LogP) is 1.89. The van der Waals surface area contributed by atoms with Crippen molar-refractivity contribution < 1.29 is 9.84 Å². The van der Waals surface area contributed by atoms with Crippen molar-refractivity contribution in [2.24, 2.45) is 5.73 Å². The second kappa shape index (κ2) is 7.62. The number of ether oxygens (including phenoxy) is 1. The van der Waals surface area contributed by atoms with Crippen LogP contribution in [0.2, 0.25) is 0 Å². The van der Waals surface area contributed by atoms with Crippen LogP contribution in [0, 0.1) is 0 Å².